The van der Waals surface area contributed by atoms with Crippen LogP contribution in [0.3, 0.4) is 0 Å². The zero-order chi connectivity index (χ0) is 34.2. The predicted molar refractivity (Wildman–Crippen MR) is 193 cm³/mol. The molecule has 8 nitrogen and oxygen atoms in total. The van der Waals surface area contributed by atoms with Gasteiger partial charge in [-0.2, -0.15) is 0 Å². The Labute approximate surface area is 304 Å². The molecule has 256 valence electrons. The molecule has 11 heteroatoms. The molecule has 0 bridgehead atoms. The number of aryl methyl sites for hydroxylation is 2. The second kappa shape index (κ2) is 14.7. The Morgan fingerprint density at radius 1 is 0.958 bits per heavy atom. The second-order valence-electron chi connectivity index (χ2n) is 14.4. The van der Waals surface area contributed by atoms with Crippen LogP contribution < -0.4 is 0 Å². The molecule has 48 heavy (non-hydrogen) atoms. The van der Waals surface area contributed by atoms with Crippen LogP contribution >= 0.6 is 43.5 Å². The van der Waals surface area contributed by atoms with Crippen LogP contribution in [0.2, 0.25) is 5.02 Å². The van der Waals surface area contributed by atoms with Crippen LogP contribution in [0.4, 0.5) is 0 Å². The summed E-state index contributed by atoms with van der Waals surface area (Å²) in [4.78, 5) is 48.1. The zero-order valence-corrected chi connectivity index (χ0v) is 31.7. The first-order valence-electron chi connectivity index (χ1n) is 16.9. The molecule has 3 aliphatic rings. The standard InChI is InChI=1S/C37H43Br2ClN4O4/c1-37(2,3)48-32(46)22-44-12-4-5-30(44)36(47)43-13-8-23(9-14-43)17-31(45)42-15-10-24(11-16-42)34-33-25(19-28(40)20-29(33)39)6-7-26-18-27(38)21-41-35(26)34/h4-5,12,18-21,23-24,34H,6-11,13-17,22H2,1-3H3/t34-/m1/s1. The van der Waals surface area contributed by atoms with Gasteiger partial charge in [-0.05, 0) is 134 Å². The first kappa shape index (κ1) is 35.1. The van der Waals surface area contributed by atoms with E-state index in [4.69, 9.17) is 21.3 Å². The number of carbonyl (C=O) groups excluding carboxylic acids is 3. The molecule has 0 N–H and O–H groups in total. The summed E-state index contributed by atoms with van der Waals surface area (Å²) in [5.74, 6) is 0.493. The molecule has 2 aromatic heterocycles. The van der Waals surface area contributed by atoms with Crippen molar-refractivity contribution in [1.82, 2.24) is 19.4 Å². The van der Waals surface area contributed by atoms with Gasteiger partial charge in [-0.15, -0.1) is 0 Å². The van der Waals surface area contributed by atoms with Gasteiger partial charge in [0.15, 0.2) is 0 Å². The van der Waals surface area contributed by atoms with Crippen LogP contribution in [0, 0.1) is 11.8 Å². The minimum absolute atomic E-state index is 0.00725. The molecule has 1 atom stereocenters. The summed E-state index contributed by atoms with van der Waals surface area (Å²) in [5, 5.41) is 0.739. The average Bonchev–Trinajstić information content (AvgIpc) is 3.42. The summed E-state index contributed by atoms with van der Waals surface area (Å²) in [5.41, 5.74) is 4.87. The third-order valence-electron chi connectivity index (χ3n) is 9.91. The van der Waals surface area contributed by atoms with Gasteiger partial charge in [0.2, 0.25) is 5.91 Å². The largest absolute Gasteiger partial charge is 0.459 e. The Hall–Kier alpha value is -2.69. The van der Waals surface area contributed by atoms with Gasteiger partial charge in [-0.3, -0.25) is 19.4 Å². The Balaban J connectivity index is 1.04. The van der Waals surface area contributed by atoms with Gasteiger partial charge in [-0.25, -0.2) is 0 Å². The predicted octanol–water partition coefficient (Wildman–Crippen LogP) is 7.81. The minimum atomic E-state index is -0.584. The van der Waals surface area contributed by atoms with E-state index in [1.54, 1.807) is 22.9 Å². The van der Waals surface area contributed by atoms with E-state index in [2.05, 4.69) is 44.0 Å². The molecule has 0 unspecified atom stereocenters. The number of esters is 1. The van der Waals surface area contributed by atoms with Crippen molar-refractivity contribution >= 4 is 61.2 Å². The molecule has 6 rings (SSSR count). The number of hydrogen-bond donors (Lipinski definition) is 0. The first-order chi connectivity index (χ1) is 22.9. The van der Waals surface area contributed by atoms with Crippen LogP contribution in [-0.4, -0.2) is 68.9 Å². The maximum Gasteiger partial charge on any atom is 0.326 e. The van der Waals surface area contributed by atoms with Gasteiger partial charge >= 0.3 is 5.97 Å². The lowest BCUT2D eigenvalue weighted by Gasteiger charge is -2.38. The summed E-state index contributed by atoms with van der Waals surface area (Å²) in [6.07, 6.45) is 9.38. The van der Waals surface area contributed by atoms with E-state index in [-0.39, 0.29) is 36.2 Å². The summed E-state index contributed by atoms with van der Waals surface area (Å²) in [6, 6.07) is 9.84. The fourth-order valence-corrected chi connectivity index (χ4v) is 9.15. The number of rotatable bonds is 6. The summed E-state index contributed by atoms with van der Waals surface area (Å²) < 4.78 is 9.13. The van der Waals surface area contributed by atoms with Crippen molar-refractivity contribution in [1.29, 1.82) is 0 Å². The molecular weight excluding hydrogens is 760 g/mol. The number of fused-ring (bicyclic) bond motifs is 2. The first-order valence-corrected chi connectivity index (χ1v) is 18.9. The molecule has 1 aliphatic carbocycles. The van der Waals surface area contributed by atoms with Crippen molar-refractivity contribution < 1.29 is 19.1 Å². The van der Waals surface area contributed by atoms with Gasteiger partial charge in [0.05, 0.1) is 5.69 Å². The van der Waals surface area contributed by atoms with Crippen molar-refractivity contribution in [2.75, 3.05) is 26.2 Å². The number of piperidine rings is 2. The molecule has 2 saturated heterocycles. The second-order valence-corrected chi connectivity index (χ2v) is 16.6. The maximum atomic E-state index is 13.5. The lowest BCUT2D eigenvalue weighted by molar-refractivity contribution is -0.155. The Kier molecular flexibility index (Phi) is 10.7. The summed E-state index contributed by atoms with van der Waals surface area (Å²) in [6.45, 7) is 8.14. The highest BCUT2D eigenvalue weighted by Gasteiger charge is 2.37. The third kappa shape index (κ3) is 8.02. The number of pyridine rings is 1. The van der Waals surface area contributed by atoms with Crippen molar-refractivity contribution in [2.24, 2.45) is 11.8 Å². The number of hydrogen-bond acceptors (Lipinski definition) is 5. The maximum absolute atomic E-state index is 13.5. The van der Waals surface area contributed by atoms with Gasteiger partial charge in [0, 0.05) is 64.9 Å². The van der Waals surface area contributed by atoms with Gasteiger partial charge in [0.1, 0.15) is 17.8 Å². The molecule has 3 aromatic rings. The lowest BCUT2D eigenvalue weighted by atomic mass is 9.76. The van der Waals surface area contributed by atoms with Crippen LogP contribution in [0.25, 0.3) is 0 Å². The minimum Gasteiger partial charge on any atom is -0.459 e. The molecule has 4 heterocycles. The summed E-state index contributed by atoms with van der Waals surface area (Å²) >= 11 is 14.0. The number of nitrogens with zero attached hydrogens (tertiary/aromatic N) is 4. The van der Waals surface area contributed by atoms with E-state index < -0.39 is 5.60 Å². The lowest BCUT2D eigenvalue weighted by Crippen LogP contribution is -2.43. The van der Waals surface area contributed by atoms with Crippen molar-refractivity contribution in [3.05, 3.63) is 84.8 Å². The molecule has 0 spiro atoms. The SMILES string of the molecule is CC(C)(C)OC(=O)Cn1cccc1C(=O)N1CCC(CC(=O)N2CCC([C@H]3c4ncc(Br)cc4CCc4cc(Cl)cc(Br)c43)CC2)CC1. The smallest absolute Gasteiger partial charge is 0.326 e. The fourth-order valence-electron chi connectivity index (χ4n) is 7.65. The number of aromatic nitrogens is 2. The van der Waals surface area contributed by atoms with Gasteiger partial charge in [0.25, 0.3) is 5.91 Å². The van der Waals surface area contributed by atoms with E-state index in [1.165, 1.54) is 16.7 Å². The highest BCUT2D eigenvalue weighted by Crippen LogP contribution is 2.46. The molecule has 2 aliphatic heterocycles. The van der Waals surface area contributed by atoms with Crippen LogP contribution in [0.15, 0.2) is 51.7 Å². The van der Waals surface area contributed by atoms with Gasteiger partial charge < -0.3 is 19.1 Å². The number of carbonyl (C=O) groups is 3. The highest BCUT2D eigenvalue weighted by molar-refractivity contribution is 9.10. The quantitative estimate of drug-likeness (QED) is 0.238. The van der Waals surface area contributed by atoms with E-state index in [9.17, 15) is 14.4 Å². The normalized spacial score (nSPS) is 19.0. The number of ether oxygens (including phenoxy) is 1. The van der Waals surface area contributed by atoms with E-state index in [1.807, 2.05) is 42.8 Å². The summed E-state index contributed by atoms with van der Waals surface area (Å²) in [7, 11) is 0. The Morgan fingerprint density at radius 3 is 2.35 bits per heavy atom. The number of amides is 2. The van der Waals surface area contributed by atoms with Crippen LogP contribution in [0.1, 0.15) is 91.7 Å². The Morgan fingerprint density at radius 2 is 1.65 bits per heavy atom. The molecular formula is C37H43Br2ClN4O4. The van der Waals surface area contributed by atoms with Crippen LogP contribution in [0.5, 0.6) is 0 Å². The third-order valence-corrected chi connectivity index (χ3v) is 11.2. The molecule has 0 radical (unpaired) electrons. The fraction of sp³-hybridized carbons (Fsp3) is 0.514. The van der Waals surface area contributed by atoms with Crippen molar-refractivity contribution in [3.8, 4) is 0 Å². The molecule has 0 saturated carbocycles. The van der Waals surface area contributed by atoms with Crippen molar-refractivity contribution in [2.45, 2.75) is 83.8 Å². The highest BCUT2D eigenvalue weighted by atomic mass is 79.9. The van der Waals surface area contributed by atoms with E-state index >= 15 is 0 Å². The topological polar surface area (TPSA) is 84.7 Å². The number of likely N-dealkylation sites (tertiary alicyclic amines) is 2. The number of halogens is 3. The molecule has 2 amide bonds. The van der Waals surface area contributed by atoms with Crippen molar-refractivity contribution in [3.63, 3.8) is 0 Å². The zero-order valence-electron chi connectivity index (χ0n) is 27.8. The van der Waals surface area contributed by atoms with E-state index in [0.29, 0.717) is 31.1 Å². The van der Waals surface area contributed by atoms with Crippen LogP contribution in [-0.2, 0) is 33.7 Å². The monoisotopic (exact) mass is 800 g/mol. The number of benzene rings is 1. The average molecular weight is 803 g/mol. The van der Waals surface area contributed by atoms with E-state index in [0.717, 1.165) is 71.3 Å². The molecule has 1 aromatic carbocycles. The van der Waals surface area contributed by atoms with Gasteiger partial charge in [-0.1, -0.05) is 27.5 Å². The Bertz CT molecular complexity index is 1690. The molecule has 2 fully saturated rings.